The van der Waals surface area contributed by atoms with Gasteiger partial charge in [-0.3, -0.25) is 0 Å². The first-order chi connectivity index (χ1) is 9.12. The fourth-order valence-electron chi connectivity index (χ4n) is 2.17. The Balaban J connectivity index is 1.91. The topological polar surface area (TPSA) is 55.4 Å². The molecule has 0 saturated carbocycles. The number of sulfone groups is 1. The normalized spacial score (nSPS) is 20.2. The van der Waals surface area contributed by atoms with Crippen molar-refractivity contribution in [3.63, 3.8) is 0 Å². The van der Waals surface area contributed by atoms with Crippen molar-refractivity contribution in [3.05, 3.63) is 24.3 Å². The van der Waals surface area contributed by atoms with E-state index in [0.29, 0.717) is 17.5 Å². The number of ether oxygens (including phenoxy) is 1. The van der Waals surface area contributed by atoms with Crippen LogP contribution in [-0.2, 0) is 9.84 Å². The van der Waals surface area contributed by atoms with E-state index in [1.807, 2.05) is 0 Å². The lowest BCUT2D eigenvalue weighted by Crippen LogP contribution is -2.38. The molecule has 1 aromatic carbocycles. The number of rotatable bonds is 5. The van der Waals surface area contributed by atoms with Crippen molar-refractivity contribution >= 4 is 9.84 Å². The average molecular weight is 283 g/mol. The van der Waals surface area contributed by atoms with Crippen molar-refractivity contribution in [2.24, 2.45) is 0 Å². The Labute approximate surface area is 115 Å². The monoisotopic (exact) mass is 283 g/mol. The minimum Gasteiger partial charge on any atom is -0.492 e. The second kappa shape index (κ2) is 6.39. The summed E-state index contributed by atoms with van der Waals surface area (Å²) in [5.74, 6) is 0.849. The van der Waals surface area contributed by atoms with E-state index in [4.69, 9.17) is 4.74 Å². The van der Waals surface area contributed by atoms with Gasteiger partial charge in [0.05, 0.1) is 10.6 Å². The summed E-state index contributed by atoms with van der Waals surface area (Å²) < 4.78 is 29.0. The summed E-state index contributed by atoms with van der Waals surface area (Å²) in [4.78, 5) is 0.359. The van der Waals surface area contributed by atoms with Crippen LogP contribution in [0.25, 0.3) is 0 Å². The Morgan fingerprint density at radius 2 is 2.00 bits per heavy atom. The molecule has 1 aliphatic rings. The van der Waals surface area contributed by atoms with Crippen LogP contribution in [0.2, 0.25) is 0 Å². The third-order valence-corrected chi connectivity index (χ3v) is 5.18. The zero-order chi connectivity index (χ0) is 13.7. The van der Waals surface area contributed by atoms with E-state index in [1.165, 1.54) is 12.8 Å². The lowest BCUT2D eigenvalue weighted by Gasteiger charge is -2.23. The largest absolute Gasteiger partial charge is 0.492 e. The molecule has 5 heteroatoms. The van der Waals surface area contributed by atoms with Crippen molar-refractivity contribution in [2.75, 3.05) is 18.9 Å². The summed E-state index contributed by atoms with van der Waals surface area (Å²) in [6, 6.07) is 7.09. The van der Waals surface area contributed by atoms with E-state index in [9.17, 15) is 8.42 Å². The molecule has 0 aliphatic carbocycles. The van der Waals surface area contributed by atoms with E-state index < -0.39 is 9.84 Å². The fraction of sp³-hybridized carbons (Fsp3) is 0.571. The molecule has 1 aromatic rings. The van der Waals surface area contributed by atoms with Crippen LogP contribution in [0.5, 0.6) is 5.75 Å². The molecule has 106 valence electrons. The number of nitrogens with one attached hydrogen (secondary N) is 1. The highest BCUT2D eigenvalue weighted by atomic mass is 32.2. The Morgan fingerprint density at radius 3 is 2.58 bits per heavy atom. The highest BCUT2D eigenvalue weighted by Crippen LogP contribution is 2.18. The lowest BCUT2D eigenvalue weighted by atomic mass is 10.1. The molecule has 0 aromatic heterocycles. The van der Waals surface area contributed by atoms with Gasteiger partial charge in [0, 0.05) is 6.04 Å². The van der Waals surface area contributed by atoms with E-state index in [1.54, 1.807) is 31.2 Å². The average Bonchev–Trinajstić information content (AvgIpc) is 2.47. The van der Waals surface area contributed by atoms with Gasteiger partial charge in [0.1, 0.15) is 12.4 Å². The quantitative estimate of drug-likeness (QED) is 0.898. The molecular weight excluding hydrogens is 262 g/mol. The molecule has 1 aliphatic heterocycles. The first-order valence-electron chi connectivity index (χ1n) is 6.81. The van der Waals surface area contributed by atoms with Gasteiger partial charge in [0.2, 0.25) is 0 Å². The Morgan fingerprint density at radius 1 is 1.26 bits per heavy atom. The number of hydrogen-bond donors (Lipinski definition) is 1. The van der Waals surface area contributed by atoms with Crippen molar-refractivity contribution in [3.8, 4) is 5.75 Å². The zero-order valence-electron chi connectivity index (χ0n) is 11.3. The van der Waals surface area contributed by atoms with Crippen molar-refractivity contribution in [2.45, 2.75) is 37.1 Å². The van der Waals surface area contributed by atoms with Gasteiger partial charge in [-0.1, -0.05) is 13.3 Å². The van der Waals surface area contributed by atoms with Crippen molar-refractivity contribution < 1.29 is 13.2 Å². The van der Waals surface area contributed by atoms with E-state index in [2.05, 4.69) is 5.32 Å². The maximum Gasteiger partial charge on any atom is 0.178 e. The summed E-state index contributed by atoms with van der Waals surface area (Å²) in [5.41, 5.74) is 0. The van der Waals surface area contributed by atoms with Crippen molar-refractivity contribution in [1.29, 1.82) is 0 Å². The van der Waals surface area contributed by atoms with Gasteiger partial charge < -0.3 is 10.1 Å². The molecule has 0 radical (unpaired) electrons. The maximum absolute atomic E-state index is 11.7. The van der Waals surface area contributed by atoms with E-state index >= 15 is 0 Å². The molecule has 19 heavy (non-hydrogen) atoms. The van der Waals surface area contributed by atoms with E-state index in [0.717, 1.165) is 18.7 Å². The standard InChI is InChI=1S/C14H21NO3S/c1-2-19(16,17)14-8-6-13(7-9-14)18-11-12-5-3-4-10-15-12/h6-9,12,15H,2-5,10-11H2,1H3. The van der Waals surface area contributed by atoms with Gasteiger partial charge in [0.25, 0.3) is 0 Å². The van der Waals surface area contributed by atoms with E-state index in [-0.39, 0.29) is 5.75 Å². The molecule has 1 N–H and O–H groups in total. The molecule has 0 amide bonds. The first-order valence-corrected chi connectivity index (χ1v) is 8.46. The Bertz CT molecular complexity index is 490. The molecule has 1 fully saturated rings. The van der Waals surface area contributed by atoms with Gasteiger partial charge in [0.15, 0.2) is 9.84 Å². The second-order valence-electron chi connectivity index (χ2n) is 4.83. The lowest BCUT2D eigenvalue weighted by molar-refractivity contribution is 0.239. The van der Waals surface area contributed by atoms with Gasteiger partial charge in [-0.05, 0) is 43.7 Å². The van der Waals surface area contributed by atoms with Gasteiger partial charge in [-0.25, -0.2) is 8.42 Å². The van der Waals surface area contributed by atoms with Gasteiger partial charge in [-0.15, -0.1) is 0 Å². The summed E-state index contributed by atoms with van der Waals surface area (Å²) in [6.07, 6.45) is 3.62. The van der Waals surface area contributed by atoms with Crippen LogP contribution in [0.4, 0.5) is 0 Å². The summed E-state index contributed by atoms with van der Waals surface area (Å²) in [5, 5.41) is 3.41. The Hall–Kier alpha value is -1.07. The van der Waals surface area contributed by atoms with Gasteiger partial charge in [-0.2, -0.15) is 0 Å². The molecular formula is C14H21NO3S. The smallest absolute Gasteiger partial charge is 0.178 e. The molecule has 2 rings (SSSR count). The predicted molar refractivity (Wildman–Crippen MR) is 75.3 cm³/mol. The zero-order valence-corrected chi connectivity index (χ0v) is 12.1. The molecule has 1 saturated heterocycles. The summed E-state index contributed by atoms with van der Waals surface area (Å²) in [6.45, 7) is 3.34. The highest BCUT2D eigenvalue weighted by molar-refractivity contribution is 7.91. The van der Waals surface area contributed by atoms with Crippen LogP contribution in [0.15, 0.2) is 29.2 Å². The molecule has 1 heterocycles. The van der Waals surface area contributed by atoms with Crippen LogP contribution in [0.1, 0.15) is 26.2 Å². The third-order valence-electron chi connectivity index (χ3n) is 3.43. The molecule has 0 bridgehead atoms. The number of piperidine rings is 1. The number of benzene rings is 1. The summed E-state index contributed by atoms with van der Waals surface area (Å²) >= 11 is 0. The Kier molecular flexibility index (Phi) is 4.82. The first kappa shape index (κ1) is 14.3. The van der Waals surface area contributed by atoms with Gasteiger partial charge >= 0.3 is 0 Å². The third kappa shape index (κ3) is 3.94. The maximum atomic E-state index is 11.7. The highest BCUT2D eigenvalue weighted by Gasteiger charge is 2.14. The van der Waals surface area contributed by atoms with Crippen LogP contribution < -0.4 is 10.1 Å². The fourth-order valence-corrected chi connectivity index (χ4v) is 3.06. The molecule has 4 nitrogen and oxygen atoms in total. The van der Waals surface area contributed by atoms with Crippen molar-refractivity contribution in [1.82, 2.24) is 5.32 Å². The summed E-state index contributed by atoms with van der Waals surface area (Å²) in [7, 11) is -3.12. The van der Waals surface area contributed by atoms with Crippen LogP contribution >= 0.6 is 0 Å². The molecule has 1 unspecified atom stereocenters. The van der Waals surface area contributed by atoms with Crippen LogP contribution in [0, 0.1) is 0 Å². The van der Waals surface area contributed by atoms with Crippen LogP contribution in [0.3, 0.4) is 0 Å². The minimum absolute atomic E-state index is 0.124. The predicted octanol–water partition coefficient (Wildman–Crippen LogP) is 2.00. The van der Waals surface area contributed by atoms with Crippen LogP contribution in [-0.4, -0.2) is 33.4 Å². The molecule has 1 atom stereocenters. The number of hydrogen-bond acceptors (Lipinski definition) is 4. The molecule has 0 spiro atoms. The minimum atomic E-state index is -3.12. The SMILES string of the molecule is CCS(=O)(=O)c1ccc(OCC2CCCCN2)cc1. The second-order valence-corrected chi connectivity index (χ2v) is 7.11.